The highest BCUT2D eigenvalue weighted by molar-refractivity contribution is 8.03. The second-order valence-corrected chi connectivity index (χ2v) is 9.45. The van der Waals surface area contributed by atoms with Crippen molar-refractivity contribution in [2.24, 2.45) is 0 Å². The van der Waals surface area contributed by atoms with Gasteiger partial charge in [-0.05, 0) is 22.8 Å². The van der Waals surface area contributed by atoms with E-state index in [1.165, 1.54) is 0 Å². The lowest BCUT2D eigenvalue weighted by atomic mass is 10.0. The van der Waals surface area contributed by atoms with Crippen molar-refractivity contribution in [3.8, 4) is 0 Å². The summed E-state index contributed by atoms with van der Waals surface area (Å²) in [6.07, 6.45) is 3.57. The highest BCUT2D eigenvalue weighted by atomic mass is 32.3. The van der Waals surface area contributed by atoms with Gasteiger partial charge in [-0.3, -0.25) is 0 Å². The predicted octanol–water partition coefficient (Wildman–Crippen LogP) is 2.45. The lowest BCUT2D eigenvalue weighted by molar-refractivity contribution is 0.524. The Labute approximate surface area is 143 Å². The summed E-state index contributed by atoms with van der Waals surface area (Å²) >= 11 is 0. The van der Waals surface area contributed by atoms with Crippen molar-refractivity contribution in [3.63, 3.8) is 0 Å². The Hall–Kier alpha value is -1.96. The molecule has 0 fully saturated rings. The Morgan fingerprint density at radius 1 is 0.833 bits per heavy atom. The van der Waals surface area contributed by atoms with Gasteiger partial charge in [0, 0.05) is 0 Å². The fraction of sp³-hybridized carbons (Fsp3) is 0.176. The van der Waals surface area contributed by atoms with Gasteiger partial charge in [-0.1, -0.05) is 64.4 Å². The predicted molar refractivity (Wildman–Crippen MR) is 97.1 cm³/mol. The molecule has 0 radical (unpaired) electrons. The number of nitrogens with zero attached hydrogens (tertiary/aromatic N) is 1. The molecule has 2 aromatic carbocycles. The molecule has 5 nitrogen and oxygen atoms in total. The van der Waals surface area contributed by atoms with Gasteiger partial charge in [-0.25, -0.2) is 16.8 Å². The first-order valence-corrected chi connectivity index (χ1v) is 10.9. The molecule has 128 valence electrons. The Balaban J connectivity index is 2.53. The van der Waals surface area contributed by atoms with Crippen LogP contribution in [0.4, 0.5) is 0 Å². The summed E-state index contributed by atoms with van der Waals surface area (Å²) in [5.74, 6) is 0. The van der Waals surface area contributed by atoms with Crippen LogP contribution in [0.2, 0.25) is 0 Å². The maximum atomic E-state index is 11.9. The molecule has 0 saturated heterocycles. The molecule has 0 aliphatic carbocycles. The maximum Gasteiger partial charge on any atom is 0.224 e. The third-order valence-corrected chi connectivity index (χ3v) is 6.69. The van der Waals surface area contributed by atoms with Crippen LogP contribution >= 0.6 is 0 Å². The largest absolute Gasteiger partial charge is 0.224 e. The van der Waals surface area contributed by atoms with Gasteiger partial charge >= 0.3 is 0 Å². The zero-order chi connectivity index (χ0) is 17.8. The molecule has 0 heterocycles. The van der Waals surface area contributed by atoms with Crippen LogP contribution in [0.1, 0.15) is 11.1 Å². The van der Waals surface area contributed by atoms with Crippen molar-refractivity contribution in [1.82, 2.24) is 3.71 Å². The van der Waals surface area contributed by atoms with Crippen LogP contribution in [-0.2, 0) is 20.0 Å². The van der Waals surface area contributed by atoms with Crippen molar-refractivity contribution in [1.29, 1.82) is 0 Å². The van der Waals surface area contributed by atoms with Gasteiger partial charge in [-0.15, -0.1) is 0 Å². The van der Waals surface area contributed by atoms with E-state index < -0.39 is 20.0 Å². The lowest BCUT2D eigenvalue weighted by Gasteiger charge is -2.19. The summed E-state index contributed by atoms with van der Waals surface area (Å²) in [6, 6.07) is 18.4. The van der Waals surface area contributed by atoms with Crippen LogP contribution in [0.25, 0.3) is 11.6 Å². The zero-order valence-corrected chi connectivity index (χ0v) is 15.1. The molecule has 0 aliphatic rings. The van der Waals surface area contributed by atoms with Gasteiger partial charge in [0.1, 0.15) is 0 Å². The van der Waals surface area contributed by atoms with E-state index in [1.807, 2.05) is 60.7 Å². The minimum absolute atomic E-state index is 0.253. The third kappa shape index (κ3) is 5.02. The van der Waals surface area contributed by atoms with Crippen LogP contribution in [0.5, 0.6) is 0 Å². The first-order chi connectivity index (χ1) is 11.2. The van der Waals surface area contributed by atoms with Crippen molar-refractivity contribution in [2.75, 3.05) is 19.1 Å². The summed E-state index contributed by atoms with van der Waals surface area (Å²) in [7, 11) is -7.83. The van der Waals surface area contributed by atoms with Crippen molar-refractivity contribution in [2.45, 2.75) is 0 Å². The molecule has 7 heteroatoms. The molecule has 0 amide bonds. The molecule has 2 rings (SSSR count). The monoisotopic (exact) mass is 365 g/mol. The van der Waals surface area contributed by atoms with Gasteiger partial charge in [-0.2, -0.15) is 0 Å². The Morgan fingerprint density at radius 3 is 1.75 bits per heavy atom. The minimum atomic E-state index is -3.91. The highest BCUT2D eigenvalue weighted by Crippen LogP contribution is 2.22. The molecule has 0 aromatic heterocycles. The maximum absolute atomic E-state index is 11.9. The van der Waals surface area contributed by atoms with E-state index in [1.54, 1.807) is 6.08 Å². The second kappa shape index (κ2) is 7.29. The lowest BCUT2D eigenvalue weighted by Crippen LogP contribution is -2.36. The summed E-state index contributed by atoms with van der Waals surface area (Å²) in [6.45, 7) is -0.253. The summed E-state index contributed by atoms with van der Waals surface area (Å²) in [5.41, 5.74) is 2.22. The van der Waals surface area contributed by atoms with E-state index in [0.717, 1.165) is 23.6 Å². The van der Waals surface area contributed by atoms with E-state index in [2.05, 4.69) is 0 Å². The molecular weight excluding hydrogens is 346 g/mol. The molecule has 24 heavy (non-hydrogen) atoms. The normalized spacial score (nSPS) is 13.2. The fourth-order valence-electron chi connectivity index (χ4n) is 2.24. The molecule has 0 bridgehead atoms. The van der Waals surface area contributed by atoms with E-state index in [9.17, 15) is 16.8 Å². The smallest absolute Gasteiger partial charge is 0.212 e. The summed E-state index contributed by atoms with van der Waals surface area (Å²) in [5, 5.41) is 0. The molecule has 0 atom stereocenters. The minimum Gasteiger partial charge on any atom is -0.212 e. The van der Waals surface area contributed by atoms with Crippen LogP contribution < -0.4 is 0 Å². The Morgan fingerprint density at radius 2 is 1.29 bits per heavy atom. The number of sulfonamides is 2. The van der Waals surface area contributed by atoms with Crippen molar-refractivity contribution < 1.29 is 16.8 Å². The van der Waals surface area contributed by atoms with Gasteiger partial charge in [0.25, 0.3) is 0 Å². The number of rotatable bonds is 6. The van der Waals surface area contributed by atoms with Crippen molar-refractivity contribution >= 4 is 31.7 Å². The van der Waals surface area contributed by atoms with E-state index >= 15 is 0 Å². The van der Waals surface area contributed by atoms with Gasteiger partial charge in [0.2, 0.25) is 20.0 Å². The molecule has 0 aliphatic heterocycles. The standard InChI is InChI=1S/C17H19NO4S2/c1-23(19,20)18(24(2,21)22)14-17(16-11-7-4-8-12-16)13-15-9-5-3-6-10-15/h3-13H,14H2,1-2H3/b17-13-. The average molecular weight is 365 g/mol. The number of benzene rings is 2. The van der Waals surface area contributed by atoms with Gasteiger partial charge in [0.15, 0.2) is 0 Å². The van der Waals surface area contributed by atoms with Gasteiger partial charge in [0.05, 0.1) is 19.1 Å². The molecule has 0 saturated carbocycles. The molecular formula is C17H19NO4S2. The van der Waals surface area contributed by atoms with E-state index in [0.29, 0.717) is 9.28 Å². The quantitative estimate of drug-likeness (QED) is 0.737. The number of hydrogen-bond acceptors (Lipinski definition) is 4. The van der Waals surface area contributed by atoms with Crippen LogP contribution in [0.3, 0.4) is 0 Å². The molecule has 0 N–H and O–H groups in total. The average Bonchev–Trinajstić information content (AvgIpc) is 2.51. The molecule has 0 unspecified atom stereocenters. The fourth-order valence-corrected chi connectivity index (χ4v) is 4.96. The highest BCUT2D eigenvalue weighted by Gasteiger charge is 2.28. The second-order valence-electron chi connectivity index (χ2n) is 5.40. The van der Waals surface area contributed by atoms with Crippen molar-refractivity contribution in [3.05, 3.63) is 71.8 Å². The molecule has 2 aromatic rings. The van der Waals surface area contributed by atoms with Crippen LogP contribution in [0.15, 0.2) is 60.7 Å². The Kier molecular flexibility index (Phi) is 5.58. The topological polar surface area (TPSA) is 71.5 Å². The first-order valence-electron chi connectivity index (χ1n) is 7.17. The Bertz CT molecular complexity index is 887. The first kappa shape index (κ1) is 18.4. The van der Waals surface area contributed by atoms with E-state index in [4.69, 9.17) is 0 Å². The molecule has 0 spiro atoms. The van der Waals surface area contributed by atoms with Crippen LogP contribution in [0, 0.1) is 0 Å². The number of hydrogen-bond donors (Lipinski definition) is 0. The summed E-state index contributed by atoms with van der Waals surface area (Å²) in [4.78, 5) is 0. The van der Waals surface area contributed by atoms with Gasteiger partial charge < -0.3 is 0 Å². The van der Waals surface area contributed by atoms with Crippen LogP contribution in [-0.4, -0.2) is 39.6 Å². The zero-order valence-electron chi connectivity index (χ0n) is 13.5. The third-order valence-electron chi connectivity index (χ3n) is 3.32. The van der Waals surface area contributed by atoms with E-state index in [-0.39, 0.29) is 6.54 Å². The SMILES string of the molecule is CS(=O)(=O)N(C/C(=C/c1ccccc1)c1ccccc1)S(C)(=O)=O. The summed E-state index contributed by atoms with van der Waals surface area (Å²) < 4.78 is 48.2.